The highest BCUT2D eigenvalue weighted by atomic mass is 32.2. The third-order valence-corrected chi connectivity index (χ3v) is 2.59. The molecule has 0 radical (unpaired) electrons. The monoisotopic (exact) mass is 214 g/mol. The van der Waals surface area contributed by atoms with Gasteiger partial charge in [-0.1, -0.05) is 6.07 Å². The van der Waals surface area contributed by atoms with Gasteiger partial charge in [0.05, 0.1) is 10.9 Å². The van der Waals surface area contributed by atoms with E-state index in [1.165, 1.54) is 18.2 Å². The lowest BCUT2D eigenvalue weighted by molar-refractivity contribution is 0.472. The summed E-state index contributed by atoms with van der Waals surface area (Å²) in [5.74, 6) is -0.246. The van der Waals surface area contributed by atoms with Gasteiger partial charge < -0.3 is 5.11 Å². The number of nitrogens with one attached hydrogen (secondary N) is 1. The van der Waals surface area contributed by atoms with Gasteiger partial charge in [0, 0.05) is 0 Å². The molecule has 0 aliphatic rings. The number of hydrogen-bond acceptors (Lipinski definition) is 4. The number of benzene rings is 1. The number of phenols is 1. The van der Waals surface area contributed by atoms with Crippen LogP contribution in [0.25, 0.3) is 10.9 Å². The Bertz CT molecular complexity index is 587. The molecule has 1 heterocycles. The van der Waals surface area contributed by atoms with Crippen molar-refractivity contribution in [1.29, 1.82) is 0 Å². The molecule has 1 aromatic heterocycles. The number of rotatable bonds is 1. The Kier molecular flexibility index (Phi) is 1.73. The van der Waals surface area contributed by atoms with E-state index >= 15 is 0 Å². The van der Waals surface area contributed by atoms with Crippen molar-refractivity contribution in [1.82, 2.24) is 10.2 Å². The van der Waals surface area contributed by atoms with Gasteiger partial charge in [0.2, 0.25) is 0 Å². The van der Waals surface area contributed by atoms with Crippen molar-refractivity contribution in [3.05, 3.63) is 18.2 Å². The number of H-pyrrole nitrogens is 1. The van der Waals surface area contributed by atoms with Crippen molar-refractivity contribution in [3.63, 3.8) is 0 Å². The van der Waals surface area contributed by atoms with E-state index in [-0.39, 0.29) is 16.7 Å². The summed E-state index contributed by atoms with van der Waals surface area (Å²) < 4.78 is 30.5. The zero-order valence-corrected chi connectivity index (χ0v) is 7.61. The van der Waals surface area contributed by atoms with Crippen molar-refractivity contribution in [2.45, 2.75) is 5.03 Å². The number of aromatic amines is 1. The zero-order valence-electron chi connectivity index (χ0n) is 6.80. The summed E-state index contributed by atoms with van der Waals surface area (Å²) in [6, 6.07) is 4.35. The van der Waals surface area contributed by atoms with Crippen molar-refractivity contribution >= 4 is 21.0 Å². The van der Waals surface area contributed by atoms with Crippen molar-refractivity contribution in [2.75, 3.05) is 0 Å². The first-order valence-corrected chi connectivity index (χ1v) is 5.07. The molecule has 0 unspecified atom stereocenters. The number of fused-ring (bicyclic) bond motifs is 1. The zero-order chi connectivity index (χ0) is 10.3. The molecule has 6 nitrogen and oxygen atoms in total. The van der Waals surface area contributed by atoms with Gasteiger partial charge in [-0.3, -0.25) is 9.65 Å². The Hall–Kier alpha value is -1.60. The Balaban J connectivity index is 2.94. The minimum Gasteiger partial charge on any atom is -0.507 e. The fourth-order valence-corrected chi connectivity index (χ4v) is 1.84. The molecule has 0 aliphatic heterocycles. The van der Waals surface area contributed by atoms with Crippen LogP contribution in [0.5, 0.6) is 5.75 Å². The van der Waals surface area contributed by atoms with Gasteiger partial charge >= 0.3 is 10.1 Å². The van der Waals surface area contributed by atoms with E-state index < -0.39 is 15.1 Å². The van der Waals surface area contributed by atoms with Crippen LogP contribution in [0.15, 0.2) is 23.2 Å². The molecule has 0 fully saturated rings. The van der Waals surface area contributed by atoms with Crippen LogP contribution in [0.1, 0.15) is 0 Å². The summed E-state index contributed by atoms with van der Waals surface area (Å²) in [6.07, 6.45) is 0. The summed E-state index contributed by atoms with van der Waals surface area (Å²) >= 11 is 0. The highest BCUT2D eigenvalue weighted by molar-refractivity contribution is 7.86. The van der Waals surface area contributed by atoms with Crippen molar-refractivity contribution in [3.8, 4) is 5.75 Å². The molecule has 7 heteroatoms. The smallest absolute Gasteiger partial charge is 0.312 e. The first-order valence-electron chi connectivity index (χ1n) is 3.63. The Morgan fingerprint density at radius 3 is 2.71 bits per heavy atom. The number of nitrogens with zero attached hydrogens (tertiary/aromatic N) is 1. The first-order chi connectivity index (χ1) is 6.50. The van der Waals surface area contributed by atoms with Gasteiger partial charge in [0.1, 0.15) is 5.75 Å². The van der Waals surface area contributed by atoms with Gasteiger partial charge in [-0.2, -0.15) is 13.5 Å². The normalized spacial score (nSPS) is 12.1. The average molecular weight is 214 g/mol. The van der Waals surface area contributed by atoms with Crippen LogP contribution < -0.4 is 0 Å². The molecule has 0 bridgehead atoms. The summed E-state index contributed by atoms with van der Waals surface area (Å²) in [5, 5.41) is 14.6. The molecule has 0 amide bonds. The largest absolute Gasteiger partial charge is 0.507 e. The Labute approximate surface area is 78.9 Å². The maximum absolute atomic E-state index is 10.8. The minimum absolute atomic E-state index is 0.00463. The van der Waals surface area contributed by atoms with E-state index in [0.29, 0.717) is 0 Å². The van der Waals surface area contributed by atoms with Crippen LogP contribution in [0.3, 0.4) is 0 Å². The maximum Gasteiger partial charge on any atom is 0.312 e. The summed E-state index contributed by atoms with van der Waals surface area (Å²) in [5.41, 5.74) is 0.276. The molecule has 3 N–H and O–H groups in total. The highest BCUT2D eigenvalue weighted by Crippen LogP contribution is 2.28. The van der Waals surface area contributed by atoms with E-state index in [9.17, 15) is 13.5 Å². The Morgan fingerprint density at radius 2 is 2.07 bits per heavy atom. The van der Waals surface area contributed by atoms with Crippen molar-refractivity contribution in [2.24, 2.45) is 0 Å². The molecule has 14 heavy (non-hydrogen) atoms. The fraction of sp³-hybridized carbons (Fsp3) is 0. The molecular weight excluding hydrogens is 208 g/mol. The van der Waals surface area contributed by atoms with E-state index in [1.54, 1.807) is 0 Å². The second-order valence-corrected chi connectivity index (χ2v) is 4.06. The molecule has 0 saturated carbocycles. The van der Waals surface area contributed by atoms with Gasteiger partial charge in [-0.25, -0.2) is 0 Å². The Morgan fingerprint density at radius 1 is 1.36 bits per heavy atom. The quantitative estimate of drug-likeness (QED) is 0.600. The molecular formula is C7H6N2O4S. The minimum atomic E-state index is -4.39. The molecule has 2 aromatic rings. The number of hydrogen-bond donors (Lipinski definition) is 3. The molecule has 1 aromatic carbocycles. The van der Waals surface area contributed by atoms with E-state index in [0.717, 1.165) is 0 Å². The van der Waals surface area contributed by atoms with Crippen LogP contribution in [0.4, 0.5) is 0 Å². The third kappa shape index (κ3) is 1.22. The van der Waals surface area contributed by atoms with E-state index in [2.05, 4.69) is 10.2 Å². The van der Waals surface area contributed by atoms with Crippen LogP contribution >= 0.6 is 0 Å². The van der Waals surface area contributed by atoms with E-state index in [4.69, 9.17) is 4.55 Å². The van der Waals surface area contributed by atoms with Gasteiger partial charge in [0.15, 0.2) is 5.03 Å². The van der Waals surface area contributed by atoms with Crippen LogP contribution in [0.2, 0.25) is 0 Å². The summed E-state index contributed by atoms with van der Waals surface area (Å²) in [6.45, 7) is 0. The lowest BCUT2D eigenvalue weighted by atomic mass is 10.2. The SMILES string of the molecule is O=S(=O)(O)c1[nH]nc2cccc(O)c12. The summed E-state index contributed by atoms with van der Waals surface area (Å²) in [4.78, 5) is 0. The average Bonchev–Trinajstić information content (AvgIpc) is 2.47. The van der Waals surface area contributed by atoms with Crippen LogP contribution in [0, 0.1) is 0 Å². The standard InChI is InChI=1S/C7H6N2O4S/c10-5-3-1-2-4-6(5)7(9-8-4)14(11,12)13/h1-3,10H,(H,8,9)(H,11,12,13). The lowest BCUT2D eigenvalue weighted by Gasteiger charge is -1.95. The molecule has 74 valence electrons. The van der Waals surface area contributed by atoms with Gasteiger partial charge in [-0.05, 0) is 12.1 Å². The van der Waals surface area contributed by atoms with Gasteiger partial charge in [-0.15, -0.1) is 0 Å². The topological polar surface area (TPSA) is 103 Å². The lowest BCUT2D eigenvalue weighted by Crippen LogP contribution is -1.98. The fourth-order valence-electron chi connectivity index (χ4n) is 1.21. The molecule has 0 aliphatic carbocycles. The first kappa shape index (κ1) is 8.97. The second-order valence-electron chi connectivity index (χ2n) is 2.70. The predicted molar refractivity (Wildman–Crippen MR) is 47.6 cm³/mol. The number of aromatic hydroxyl groups is 1. The molecule has 0 atom stereocenters. The summed E-state index contributed by atoms with van der Waals surface area (Å²) in [7, 11) is -4.39. The van der Waals surface area contributed by atoms with Crippen LogP contribution in [-0.4, -0.2) is 28.3 Å². The molecule has 2 rings (SSSR count). The van der Waals surface area contributed by atoms with Gasteiger partial charge in [0.25, 0.3) is 0 Å². The number of aromatic nitrogens is 2. The van der Waals surface area contributed by atoms with Crippen molar-refractivity contribution < 1.29 is 18.1 Å². The third-order valence-electron chi connectivity index (χ3n) is 1.78. The molecule has 0 spiro atoms. The maximum atomic E-state index is 10.8. The highest BCUT2D eigenvalue weighted by Gasteiger charge is 2.19. The molecule has 0 saturated heterocycles. The van der Waals surface area contributed by atoms with E-state index in [1.807, 2.05) is 0 Å². The number of phenolic OH excluding ortho intramolecular Hbond substituents is 1. The van der Waals surface area contributed by atoms with Crippen LogP contribution in [-0.2, 0) is 10.1 Å². The second kappa shape index (κ2) is 2.69. The predicted octanol–water partition coefficient (Wildman–Crippen LogP) is 0.515.